The van der Waals surface area contributed by atoms with Crippen molar-refractivity contribution in [2.45, 2.75) is 19.8 Å². The second kappa shape index (κ2) is 7.17. The standard InChI is InChI=1S/C19H20N2O3/c1-14(22)21(17-9-5-6-15-10-12-20-19(15)17)18(23)11-13-24-16-7-3-2-4-8-16/h2-9,20H,10-13H2,1H3. The Morgan fingerprint density at radius 1 is 1.12 bits per heavy atom. The van der Waals surface area contributed by atoms with Crippen LogP contribution in [0.1, 0.15) is 18.9 Å². The Hall–Kier alpha value is -2.82. The van der Waals surface area contributed by atoms with Crippen LogP contribution in [-0.2, 0) is 16.0 Å². The predicted molar refractivity (Wildman–Crippen MR) is 93.4 cm³/mol. The molecule has 1 N–H and O–H groups in total. The Bertz CT molecular complexity index is 744. The normalized spacial score (nSPS) is 12.2. The maximum absolute atomic E-state index is 12.6. The van der Waals surface area contributed by atoms with E-state index in [0.717, 1.165) is 24.2 Å². The van der Waals surface area contributed by atoms with Gasteiger partial charge in [0.15, 0.2) is 0 Å². The lowest BCUT2D eigenvalue weighted by Crippen LogP contribution is -2.36. The average molecular weight is 324 g/mol. The summed E-state index contributed by atoms with van der Waals surface area (Å²) < 4.78 is 5.56. The van der Waals surface area contributed by atoms with Crippen LogP contribution in [0, 0.1) is 0 Å². The minimum atomic E-state index is -0.290. The van der Waals surface area contributed by atoms with Crippen LogP contribution in [0.3, 0.4) is 0 Å². The first-order chi connectivity index (χ1) is 11.7. The van der Waals surface area contributed by atoms with Crippen molar-refractivity contribution in [1.29, 1.82) is 0 Å². The highest BCUT2D eigenvalue weighted by Gasteiger charge is 2.25. The number of benzene rings is 2. The van der Waals surface area contributed by atoms with Gasteiger partial charge >= 0.3 is 0 Å². The molecule has 0 bridgehead atoms. The molecule has 1 aliphatic rings. The fourth-order valence-electron chi connectivity index (χ4n) is 2.87. The number of carbonyl (C=O) groups excluding carboxylic acids is 2. The Morgan fingerprint density at radius 3 is 2.67 bits per heavy atom. The van der Waals surface area contributed by atoms with Crippen molar-refractivity contribution in [2.75, 3.05) is 23.4 Å². The molecule has 0 spiro atoms. The minimum absolute atomic E-state index is 0.137. The van der Waals surface area contributed by atoms with E-state index in [1.54, 1.807) is 6.07 Å². The first-order valence-corrected chi connectivity index (χ1v) is 8.04. The van der Waals surface area contributed by atoms with Crippen molar-refractivity contribution in [1.82, 2.24) is 0 Å². The van der Waals surface area contributed by atoms with Crippen molar-refractivity contribution in [3.05, 3.63) is 54.1 Å². The summed E-state index contributed by atoms with van der Waals surface area (Å²) >= 11 is 0. The Balaban J connectivity index is 1.71. The van der Waals surface area contributed by atoms with Gasteiger partial charge in [-0.2, -0.15) is 0 Å². The first-order valence-electron chi connectivity index (χ1n) is 8.04. The summed E-state index contributed by atoms with van der Waals surface area (Å²) in [7, 11) is 0. The number of imide groups is 1. The van der Waals surface area contributed by atoms with Crippen molar-refractivity contribution < 1.29 is 14.3 Å². The van der Waals surface area contributed by atoms with Gasteiger partial charge in [-0.05, 0) is 30.2 Å². The Kier molecular flexibility index (Phi) is 4.79. The van der Waals surface area contributed by atoms with Crippen LogP contribution in [0.2, 0.25) is 0 Å². The van der Waals surface area contributed by atoms with Gasteiger partial charge in [-0.25, -0.2) is 4.90 Å². The van der Waals surface area contributed by atoms with E-state index in [2.05, 4.69) is 5.32 Å². The third-order valence-electron chi connectivity index (χ3n) is 3.96. The smallest absolute Gasteiger partial charge is 0.237 e. The van der Waals surface area contributed by atoms with Gasteiger partial charge < -0.3 is 10.1 Å². The van der Waals surface area contributed by atoms with Gasteiger partial charge in [-0.15, -0.1) is 0 Å². The number of ether oxygens (including phenoxy) is 1. The van der Waals surface area contributed by atoms with Crippen molar-refractivity contribution in [2.24, 2.45) is 0 Å². The number of amides is 2. The van der Waals surface area contributed by atoms with Gasteiger partial charge in [0.05, 0.1) is 24.4 Å². The maximum Gasteiger partial charge on any atom is 0.237 e. The van der Waals surface area contributed by atoms with Gasteiger partial charge in [0.1, 0.15) is 5.75 Å². The van der Waals surface area contributed by atoms with E-state index in [1.165, 1.54) is 11.8 Å². The van der Waals surface area contributed by atoms with E-state index >= 15 is 0 Å². The number of rotatable bonds is 5. The van der Waals surface area contributed by atoms with Gasteiger partial charge in [-0.1, -0.05) is 30.3 Å². The van der Waals surface area contributed by atoms with Crippen LogP contribution in [0.5, 0.6) is 5.75 Å². The minimum Gasteiger partial charge on any atom is -0.493 e. The van der Waals surface area contributed by atoms with Crippen LogP contribution in [-0.4, -0.2) is 25.0 Å². The van der Waals surface area contributed by atoms with E-state index in [4.69, 9.17) is 4.74 Å². The van der Waals surface area contributed by atoms with Crippen molar-refractivity contribution in [3.8, 4) is 5.75 Å². The number of nitrogens with zero attached hydrogens (tertiary/aromatic N) is 1. The highest BCUT2D eigenvalue weighted by molar-refractivity contribution is 6.16. The number of fused-ring (bicyclic) bond motifs is 1. The lowest BCUT2D eigenvalue weighted by molar-refractivity contribution is -0.125. The monoisotopic (exact) mass is 324 g/mol. The molecule has 0 aliphatic carbocycles. The van der Waals surface area contributed by atoms with E-state index < -0.39 is 0 Å². The lowest BCUT2D eigenvalue weighted by atomic mass is 10.1. The van der Waals surface area contributed by atoms with E-state index in [0.29, 0.717) is 11.4 Å². The Labute approximate surface area is 141 Å². The van der Waals surface area contributed by atoms with Gasteiger partial charge in [-0.3, -0.25) is 9.59 Å². The zero-order valence-corrected chi connectivity index (χ0v) is 13.6. The zero-order chi connectivity index (χ0) is 16.9. The Morgan fingerprint density at radius 2 is 1.92 bits per heavy atom. The molecular formula is C19H20N2O3. The number of anilines is 2. The van der Waals surface area contributed by atoms with Gasteiger partial charge in [0.2, 0.25) is 11.8 Å². The third-order valence-corrected chi connectivity index (χ3v) is 3.96. The summed E-state index contributed by atoms with van der Waals surface area (Å²) in [5.74, 6) is 0.157. The number of hydrogen-bond donors (Lipinski definition) is 1. The molecule has 2 aromatic carbocycles. The van der Waals surface area contributed by atoms with Crippen LogP contribution >= 0.6 is 0 Å². The first kappa shape index (κ1) is 16.1. The number of carbonyl (C=O) groups is 2. The van der Waals surface area contributed by atoms with E-state index in [9.17, 15) is 9.59 Å². The molecule has 0 fully saturated rings. The molecule has 0 radical (unpaired) electrons. The zero-order valence-electron chi connectivity index (χ0n) is 13.6. The number of hydrogen-bond acceptors (Lipinski definition) is 4. The fourth-order valence-corrected chi connectivity index (χ4v) is 2.87. The summed E-state index contributed by atoms with van der Waals surface area (Å²) in [5.41, 5.74) is 2.64. The van der Waals surface area contributed by atoms with Crippen LogP contribution in [0.15, 0.2) is 48.5 Å². The van der Waals surface area contributed by atoms with Crippen molar-refractivity contribution >= 4 is 23.2 Å². The lowest BCUT2D eigenvalue weighted by Gasteiger charge is -2.22. The molecule has 0 aromatic heterocycles. The van der Waals surface area contributed by atoms with Crippen molar-refractivity contribution in [3.63, 3.8) is 0 Å². The van der Waals surface area contributed by atoms with E-state index in [1.807, 2.05) is 42.5 Å². The molecule has 3 rings (SSSR count). The maximum atomic E-state index is 12.6. The fraction of sp³-hybridized carbons (Fsp3) is 0.263. The molecule has 124 valence electrons. The molecule has 1 heterocycles. The molecule has 1 aliphatic heterocycles. The summed E-state index contributed by atoms with van der Waals surface area (Å²) in [6, 6.07) is 15.0. The number of nitrogens with one attached hydrogen (secondary N) is 1. The summed E-state index contributed by atoms with van der Waals surface area (Å²) in [4.78, 5) is 25.9. The second-order valence-corrected chi connectivity index (χ2v) is 5.65. The molecule has 5 nitrogen and oxygen atoms in total. The van der Waals surface area contributed by atoms with Gasteiger partial charge in [0, 0.05) is 13.5 Å². The predicted octanol–water partition coefficient (Wildman–Crippen LogP) is 3.00. The molecule has 24 heavy (non-hydrogen) atoms. The molecule has 5 heteroatoms. The second-order valence-electron chi connectivity index (χ2n) is 5.65. The average Bonchev–Trinajstić information content (AvgIpc) is 3.05. The van der Waals surface area contributed by atoms with E-state index in [-0.39, 0.29) is 24.8 Å². The summed E-state index contributed by atoms with van der Waals surface area (Å²) in [6.07, 6.45) is 1.04. The quantitative estimate of drug-likeness (QED) is 0.918. The number of para-hydroxylation sites is 2. The van der Waals surface area contributed by atoms with Crippen LogP contribution < -0.4 is 15.0 Å². The molecule has 2 aromatic rings. The largest absolute Gasteiger partial charge is 0.493 e. The highest BCUT2D eigenvalue weighted by atomic mass is 16.5. The molecule has 0 unspecified atom stereocenters. The SMILES string of the molecule is CC(=O)N(C(=O)CCOc1ccccc1)c1cccc2c1NCC2. The molecule has 2 amide bonds. The summed E-state index contributed by atoms with van der Waals surface area (Å²) in [6.45, 7) is 2.46. The van der Waals surface area contributed by atoms with Gasteiger partial charge in [0.25, 0.3) is 0 Å². The molecule has 0 saturated heterocycles. The van der Waals surface area contributed by atoms with Crippen LogP contribution in [0.25, 0.3) is 0 Å². The molecular weight excluding hydrogens is 304 g/mol. The molecule has 0 atom stereocenters. The highest BCUT2D eigenvalue weighted by Crippen LogP contribution is 2.33. The topological polar surface area (TPSA) is 58.6 Å². The third kappa shape index (κ3) is 3.40. The molecule has 0 saturated carbocycles. The van der Waals surface area contributed by atoms with Crippen LogP contribution in [0.4, 0.5) is 11.4 Å². The summed E-state index contributed by atoms with van der Waals surface area (Å²) in [5, 5.41) is 3.26.